The summed E-state index contributed by atoms with van der Waals surface area (Å²) in [7, 11) is 0. The van der Waals surface area contributed by atoms with Crippen molar-refractivity contribution in [3.05, 3.63) is 23.7 Å². The van der Waals surface area contributed by atoms with Crippen LogP contribution in [0.15, 0.2) is 23.7 Å². The molecule has 2 atom stereocenters. The molecule has 2 aliphatic rings. The highest BCUT2D eigenvalue weighted by Crippen LogP contribution is 2.61. The number of hydrogen-bond acceptors (Lipinski definition) is 4. The lowest BCUT2D eigenvalue weighted by atomic mass is 10.1. The van der Waals surface area contributed by atoms with Crippen LogP contribution in [0.4, 0.5) is 13.2 Å². The van der Waals surface area contributed by atoms with Crippen LogP contribution in [0, 0.1) is 17.3 Å². The monoisotopic (exact) mass is 318 g/mol. The number of allylic oxidation sites excluding steroid dienone is 3. The number of halogens is 3. The molecule has 1 aliphatic heterocycles. The summed E-state index contributed by atoms with van der Waals surface area (Å²) >= 11 is 0. The fourth-order valence-corrected chi connectivity index (χ4v) is 2.96. The summed E-state index contributed by atoms with van der Waals surface area (Å²) in [5.74, 6) is 0.968. The second-order valence-electron chi connectivity index (χ2n) is 6.43. The van der Waals surface area contributed by atoms with E-state index in [1.807, 2.05) is 0 Å². The van der Waals surface area contributed by atoms with Gasteiger partial charge < -0.3 is 21.7 Å². The first kappa shape index (κ1) is 16.5. The number of nitrogens with two attached hydrogens (primary N) is 2. The summed E-state index contributed by atoms with van der Waals surface area (Å²) < 4.78 is 36.5. The van der Waals surface area contributed by atoms with Crippen molar-refractivity contribution >= 4 is 5.91 Å². The van der Waals surface area contributed by atoms with E-state index in [1.54, 1.807) is 4.90 Å². The van der Waals surface area contributed by atoms with Gasteiger partial charge in [-0.25, -0.2) is 0 Å². The molecular weight excluding hydrogens is 297 g/mol. The van der Waals surface area contributed by atoms with Crippen molar-refractivity contribution in [1.29, 1.82) is 0 Å². The molecule has 0 spiro atoms. The number of alkyl halides is 3. The number of amides is 1. The second kappa shape index (κ2) is 5.40. The molecule has 124 valence electrons. The number of fused-ring (bicyclic) bond motifs is 1. The summed E-state index contributed by atoms with van der Waals surface area (Å²) in [4.78, 5) is 13.7. The lowest BCUT2D eigenvalue weighted by Crippen LogP contribution is -2.39. The first-order valence-electron chi connectivity index (χ1n) is 7.05. The molecular formula is C14H21F3N4O. The van der Waals surface area contributed by atoms with Crippen LogP contribution in [0.3, 0.4) is 0 Å². The average Bonchev–Trinajstić information content (AvgIpc) is 2.82. The van der Waals surface area contributed by atoms with Gasteiger partial charge in [0.25, 0.3) is 0 Å². The predicted molar refractivity (Wildman–Crippen MR) is 75.9 cm³/mol. The molecule has 0 radical (unpaired) electrons. The number of hydrogen-bond donors (Lipinski definition) is 3. The van der Waals surface area contributed by atoms with Crippen LogP contribution >= 0.6 is 0 Å². The number of carbonyl (C=O) groups excluding carboxylic acids is 1. The van der Waals surface area contributed by atoms with E-state index in [1.165, 1.54) is 0 Å². The van der Waals surface area contributed by atoms with E-state index in [0.29, 0.717) is 23.3 Å². The molecule has 5 nitrogen and oxygen atoms in total. The Morgan fingerprint density at radius 3 is 2.32 bits per heavy atom. The molecule has 8 heteroatoms. The zero-order chi connectivity index (χ0) is 16.7. The summed E-state index contributed by atoms with van der Waals surface area (Å²) in [5, 5.41) is 2.60. The van der Waals surface area contributed by atoms with Crippen LogP contribution in [-0.2, 0) is 4.79 Å². The molecule has 2 unspecified atom stereocenters. The number of nitrogens with zero attached hydrogens (tertiary/aromatic N) is 1. The van der Waals surface area contributed by atoms with Crippen molar-refractivity contribution in [1.82, 2.24) is 10.2 Å². The third kappa shape index (κ3) is 3.31. The molecule has 0 bridgehead atoms. The molecule has 2 rings (SSSR count). The first-order valence-corrected chi connectivity index (χ1v) is 7.05. The Hall–Kier alpha value is -1.86. The number of nitrogens with one attached hydrogen (secondary N) is 1. The van der Waals surface area contributed by atoms with Crippen molar-refractivity contribution in [2.45, 2.75) is 20.0 Å². The van der Waals surface area contributed by atoms with Gasteiger partial charge in [0.05, 0.1) is 12.4 Å². The van der Waals surface area contributed by atoms with Gasteiger partial charge in [0.15, 0.2) is 0 Å². The molecule has 0 aromatic carbocycles. The maximum Gasteiger partial charge on any atom is 0.430 e. The van der Waals surface area contributed by atoms with Crippen LogP contribution in [-0.4, -0.2) is 36.6 Å². The fraction of sp³-hybridized carbons (Fsp3) is 0.643. The van der Waals surface area contributed by atoms with E-state index < -0.39 is 11.9 Å². The number of carbonyl (C=O) groups is 1. The van der Waals surface area contributed by atoms with Crippen molar-refractivity contribution in [2.75, 3.05) is 19.6 Å². The molecule has 22 heavy (non-hydrogen) atoms. The van der Waals surface area contributed by atoms with E-state index in [9.17, 15) is 18.0 Å². The molecule has 1 saturated carbocycles. The molecule has 1 saturated heterocycles. The minimum Gasteiger partial charge on any atom is -0.395 e. The largest absolute Gasteiger partial charge is 0.430 e. The van der Waals surface area contributed by atoms with Gasteiger partial charge in [-0.05, 0) is 29.4 Å². The lowest BCUT2D eigenvalue weighted by molar-refractivity contribution is -0.129. The number of likely N-dealkylation sites (tertiary alicyclic amines) is 1. The van der Waals surface area contributed by atoms with E-state index in [-0.39, 0.29) is 18.3 Å². The van der Waals surface area contributed by atoms with Gasteiger partial charge >= 0.3 is 6.18 Å². The van der Waals surface area contributed by atoms with E-state index in [0.717, 1.165) is 19.2 Å². The molecule has 1 heterocycles. The zero-order valence-electron chi connectivity index (χ0n) is 12.6. The third-order valence-electron chi connectivity index (χ3n) is 4.69. The Morgan fingerprint density at radius 1 is 1.27 bits per heavy atom. The van der Waals surface area contributed by atoms with Crippen LogP contribution in [0.5, 0.6) is 0 Å². The average molecular weight is 318 g/mol. The van der Waals surface area contributed by atoms with Gasteiger partial charge in [-0.3, -0.25) is 4.79 Å². The summed E-state index contributed by atoms with van der Waals surface area (Å²) in [6.45, 7) is 5.83. The standard InChI is InChI=1S/C14H21F3N4O/c1-13(2)8-6-21(7-9(8)13)12(22)5-20-11(19)4-3-10(18)14(15,16)17/h3-4,8-9,20H,5-7,18-19H2,1-2H3/b10-3-,11-4+. The topological polar surface area (TPSA) is 84.4 Å². The third-order valence-corrected chi connectivity index (χ3v) is 4.69. The van der Waals surface area contributed by atoms with Crippen LogP contribution < -0.4 is 16.8 Å². The fourth-order valence-electron chi connectivity index (χ4n) is 2.96. The first-order chi connectivity index (χ1) is 10.0. The van der Waals surface area contributed by atoms with E-state index in [4.69, 9.17) is 11.5 Å². The van der Waals surface area contributed by atoms with Gasteiger partial charge in [0, 0.05) is 13.1 Å². The Morgan fingerprint density at radius 2 is 1.82 bits per heavy atom. The van der Waals surface area contributed by atoms with Crippen molar-refractivity contribution < 1.29 is 18.0 Å². The van der Waals surface area contributed by atoms with Crippen LogP contribution in [0.1, 0.15) is 13.8 Å². The normalized spacial score (nSPS) is 27.6. The molecule has 5 N–H and O–H groups in total. The summed E-state index contributed by atoms with van der Waals surface area (Å²) in [6.07, 6.45) is -2.92. The Bertz CT molecular complexity index is 511. The van der Waals surface area contributed by atoms with Crippen molar-refractivity contribution in [2.24, 2.45) is 28.7 Å². The Labute approximate surface area is 127 Å². The van der Waals surface area contributed by atoms with Crippen molar-refractivity contribution in [3.63, 3.8) is 0 Å². The SMILES string of the molecule is CC1(C)C2CN(C(=O)CN/C(N)=C/C=C(\N)C(F)(F)F)CC21. The summed E-state index contributed by atoms with van der Waals surface area (Å²) in [5.41, 5.74) is 9.41. The highest BCUT2D eigenvalue weighted by molar-refractivity contribution is 5.79. The molecule has 0 aromatic rings. The van der Waals surface area contributed by atoms with Gasteiger partial charge in [-0.2, -0.15) is 13.2 Å². The Balaban J connectivity index is 1.78. The minimum atomic E-state index is -4.59. The molecule has 0 aromatic heterocycles. The molecule has 1 aliphatic carbocycles. The summed E-state index contributed by atoms with van der Waals surface area (Å²) in [6, 6.07) is 0. The van der Waals surface area contributed by atoms with Crippen LogP contribution in [0.25, 0.3) is 0 Å². The lowest BCUT2D eigenvalue weighted by Gasteiger charge is -2.22. The van der Waals surface area contributed by atoms with Gasteiger partial charge in [-0.1, -0.05) is 13.8 Å². The smallest absolute Gasteiger partial charge is 0.395 e. The van der Waals surface area contributed by atoms with Crippen LogP contribution in [0.2, 0.25) is 0 Å². The molecule has 1 amide bonds. The highest BCUT2D eigenvalue weighted by atomic mass is 19.4. The Kier molecular flexibility index (Phi) is 4.06. The zero-order valence-corrected chi connectivity index (χ0v) is 12.6. The van der Waals surface area contributed by atoms with Gasteiger partial charge in [0.2, 0.25) is 5.91 Å². The van der Waals surface area contributed by atoms with Gasteiger partial charge in [-0.15, -0.1) is 0 Å². The second-order valence-corrected chi connectivity index (χ2v) is 6.43. The maximum absolute atomic E-state index is 12.2. The minimum absolute atomic E-state index is 0.0368. The molecule has 2 fully saturated rings. The van der Waals surface area contributed by atoms with E-state index >= 15 is 0 Å². The van der Waals surface area contributed by atoms with Crippen molar-refractivity contribution in [3.8, 4) is 0 Å². The van der Waals surface area contributed by atoms with E-state index in [2.05, 4.69) is 19.2 Å². The maximum atomic E-state index is 12.2. The highest BCUT2D eigenvalue weighted by Gasteiger charge is 2.62. The number of rotatable bonds is 4. The predicted octanol–water partition coefficient (Wildman–Crippen LogP) is 0.895. The van der Waals surface area contributed by atoms with Gasteiger partial charge in [0.1, 0.15) is 5.70 Å². The number of piperidine rings is 1. The quantitative estimate of drug-likeness (QED) is 0.672.